The van der Waals surface area contributed by atoms with Crippen LogP contribution in [0.15, 0.2) is 48.5 Å². The van der Waals surface area contributed by atoms with Gasteiger partial charge in [-0.05, 0) is 35.4 Å². The van der Waals surface area contributed by atoms with Crippen molar-refractivity contribution in [1.29, 1.82) is 0 Å². The highest BCUT2D eigenvalue weighted by atomic mass is 35.5. The first-order valence-electron chi connectivity index (χ1n) is 7.97. The van der Waals surface area contributed by atoms with Crippen LogP contribution in [0.1, 0.15) is 29.2 Å². The minimum Gasteiger partial charge on any atom is -0.469 e. The first kappa shape index (κ1) is 20.8. The normalized spacial score (nSPS) is 12.3. The average Bonchev–Trinajstić information content (AvgIpc) is 2.61. The van der Waals surface area contributed by atoms with E-state index in [1.54, 1.807) is 24.3 Å². The SMILES string of the molecule is COC(=O)CC(NC(=O)Cc1ccc(C(F)(F)F)cc1)c1ccc(Cl)cc1. The Morgan fingerprint density at radius 3 is 2.19 bits per heavy atom. The van der Waals surface area contributed by atoms with Gasteiger partial charge in [0.05, 0.1) is 31.6 Å². The molecule has 27 heavy (non-hydrogen) atoms. The van der Waals surface area contributed by atoms with Crippen LogP contribution in [0.3, 0.4) is 0 Å². The molecular formula is C19H17ClF3NO3. The van der Waals surface area contributed by atoms with Gasteiger partial charge >= 0.3 is 12.1 Å². The van der Waals surface area contributed by atoms with Crippen molar-refractivity contribution >= 4 is 23.5 Å². The van der Waals surface area contributed by atoms with Gasteiger partial charge in [0, 0.05) is 5.02 Å². The zero-order chi connectivity index (χ0) is 20.0. The van der Waals surface area contributed by atoms with E-state index >= 15 is 0 Å². The summed E-state index contributed by atoms with van der Waals surface area (Å²) in [6, 6.07) is 10.3. The monoisotopic (exact) mass is 399 g/mol. The lowest BCUT2D eigenvalue weighted by molar-refractivity contribution is -0.141. The smallest absolute Gasteiger partial charge is 0.416 e. The van der Waals surface area contributed by atoms with E-state index in [1.807, 2.05) is 0 Å². The topological polar surface area (TPSA) is 55.4 Å². The highest BCUT2D eigenvalue weighted by Crippen LogP contribution is 2.29. The molecule has 144 valence electrons. The second-order valence-electron chi connectivity index (χ2n) is 5.82. The molecule has 0 heterocycles. The van der Waals surface area contributed by atoms with Crippen molar-refractivity contribution in [3.8, 4) is 0 Å². The van der Waals surface area contributed by atoms with E-state index < -0.39 is 29.7 Å². The van der Waals surface area contributed by atoms with E-state index in [0.29, 0.717) is 16.1 Å². The molecule has 0 bridgehead atoms. The van der Waals surface area contributed by atoms with Crippen molar-refractivity contribution in [2.45, 2.75) is 25.1 Å². The molecule has 0 radical (unpaired) electrons. The van der Waals surface area contributed by atoms with Gasteiger partial charge in [0.25, 0.3) is 0 Å². The second kappa shape index (κ2) is 8.90. The van der Waals surface area contributed by atoms with Gasteiger partial charge in [-0.1, -0.05) is 35.9 Å². The van der Waals surface area contributed by atoms with Gasteiger partial charge < -0.3 is 10.1 Å². The summed E-state index contributed by atoms with van der Waals surface area (Å²) in [5.41, 5.74) is 0.301. The molecular weight excluding hydrogens is 383 g/mol. The largest absolute Gasteiger partial charge is 0.469 e. The van der Waals surface area contributed by atoms with E-state index in [9.17, 15) is 22.8 Å². The molecule has 0 spiro atoms. The number of alkyl halides is 3. The lowest BCUT2D eigenvalue weighted by Gasteiger charge is -2.18. The predicted octanol–water partition coefficient (Wildman–Crippen LogP) is 4.32. The molecule has 1 unspecified atom stereocenters. The third kappa shape index (κ3) is 6.29. The molecule has 0 fully saturated rings. The zero-order valence-corrected chi connectivity index (χ0v) is 15.1. The van der Waals surface area contributed by atoms with Gasteiger partial charge in [-0.2, -0.15) is 13.2 Å². The Morgan fingerprint density at radius 1 is 1.07 bits per heavy atom. The van der Waals surface area contributed by atoms with Crippen molar-refractivity contribution in [2.75, 3.05) is 7.11 Å². The molecule has 8 heteroatoms. The number of ether oxygens (including phenoxy) is 1. The molecule has 0 aliphatic rings. The van der Waals surface area contributed by atoms with Crippen molar-refractivity contribution < 1.29 is 27.5 Å². The van der Waals surface area contributed by atoms with E-state index in [-0.39, 0.29) is 12.8 Å². The fourth-order valence-electron chi connectivity index (χ4n) is 2.44. The van der Waals surface area contributed by atoms with Gasteiger partial charge in [0.15, 0.2) is 0 Å². The molecule has 2 aromatic rings. The van der Waals surface area contributed by atoms with Crippen LogP contribution in [0, 0.1) is 0 Å². The second-order valence-corrected chi connectivity index (χ2v) is 6.26. The molecule has 2 aromatic carbocycles. The van der Waals surface area contributed by atoms with Gasteiger partial charge in [0.1, 0.15) is 0 Å². The minimum atomic E-state index is -4.43. The number of benzene rings is 2. The Balaban J connectivity index is 2.08. The Labute approximate surface area is 159 Å². The fraction of sp³-hybridized carbons (Fsp3) is 0.263. The molecule has 2 rings (SSSR count). The number of esters is 1. The van der Waals surface area contributed by atoms with Crippen molar-refractivity contribution in [3.63, 3.8) is 0 Å². The summed E-state index contributed by atoms with van der Waals surface area (Å²) in [4.78, 5) is 23.9. The van der Waals surface area contributed by atoms with Crippen molar-refractivity contribution in [1.82, 2.24) is 5.32 Å². The fourth-order valence-corrected chi connectivity index (χ4v) is 2.57. The Hall–Kier alpha value is -2.54. The number of halogens is 4. The maximum absolute atomic E-state index is 12.6. The average molecular weight is 400 g/mol. The standard InChI is InChI=1S/C19H17ClF3NO3/c1-27-18(26)11-16(13-4-8-15(20)9-5-13)24-17(25)10-12-2-6-14(7-3-12)19(21,22)23/h2-9,16H,10-11H2,1H3,(H,24,25). The van der Waals surface area contributed by atoms with E-state index in [1.165, 1.54) is 19.2 Å². The maximum Gasteiger partial charge on any atom is 0.416 e. The van der Waals surface area contributed by atoms with Crippen LogP contribution in [0.2, 0.25) is 5.02 Å². The summed E-state index contributed by atoms with van der Waals surface area (Å²) in [5, 5.41) is 3.21. The number of amides is 1. The maximum atomic E-state index is 12.6. The number of hydrogen-bond acceptors (Lipinski definition) is 3. The zero-order valence-electron chi connectivity index (χ0n) is 14.3. The van der Waals surface area contributed by atoms with E-state index in [2.05, 4.69) is 10.1 Å². The summed E-state index contributed by atoms with van der Waals surface area (Å²) >= 11 is 5.85. The highest BCUT2D eigenvalue weighted by molar-refractivity contribution is 6.30. The third-order valence-electron chi connectivity index (χ3n) is 3.85. The lowest BCUT2D eigenvalue weighted by atomic mass is 10.0. The van der Waals surface area contributed by atoms with Crippen LogP contribution < -0.4 is 5.32 Å². The van der Waals surface area contributed by atoms with Crippen molar-refractivity contribution in [2.24, 2.45) is 0 Å². The summed E-state index contributed by atoms with van der Waals surface area (Å²) in [6.45, 7) is 0. The predicted molar refractivity (Wildman–Crippen MR) is 94.1 cm³/mol. The summed E-state index contributed by atoms with van der Waals surface area (Å²) in [7, 11) is 1.24. The van der Waals surface area contributed by atoms with Crippen LogP contribution in [0.25, 0.3) is 0 Å². The lowest BCUT2D eigenvalue weighted by Crippen LogP contribution is -2.31. The van der Waals surface area contributed by atoms with Crippen molar-refractivity contribution in [3.05, 3.63) is 70.2 Å². The summed E-state index contributed by atoms with van der Waals surface area (Å²) in [5.74, 6) is -0.941. The Morgan fingerprint density at radius 2 is 1.67 bits per heavy atom. The van der Waals surface area contributed by atoms with Crippen LogP contribution in [0.5, 0.6) is 0 Å². The number of carbonyl (C=O) groups excluding carboxylic acids is 2. The molecule has 0 saturated carbocycles. The number of nitrogens with one attached hydrogen (secondary N) is 1. The van der Waals surface area contributed by atoms with Gasteiger partial charge in [-0.3, -0.25) is 9.59 Å². The highest BCUT2D eigenvalue weighted by Gasteiger charge is 2.30. The van der Waals surface area contributed by atoms with Gasteiger partial charge in [-0.25, -0.2) is 0 Å². The first-order valence-corrected chi connectivity index (χ1v) is 8.34. The molecule has 1 amide bonds. The van der Waals surface area contributed by atoms with E-state index in [4.69, 9.17) is 11.6 Å². The molecule has 0 saturated heterocycles. The third-order valence-corrected chi connectivity index (χ3v) is 4.10. The van der Waals surface area contributed by atoms with Crippen LogP contribution in [-0.2, 0) is 26.9 Å². The molecule has 0 aliphatic heterocycles. The molecule has 0 aliphatic carbocycles. The quantitative estimate of drug-likeness (QED) is 0.736. The Bertz CT molecular complexity index is 789. The van der Waals surface area contributed by atoms with Gasteiger partial charge in [0.2, 0.25) is 5.91 Å². The molecule has 1 N–H and O–H groups in total. The first-order chi connectivity index (χ1) is 12.7. The van der Waals surface area contributed by atoms with Crippen LogP contribution in [-0.4, -0.2) is 19.0 Å². The molecule has 4 nitrogen and oxygen atoms in total. The molecule has 1 atom stereocenters. The number of rotatable bonds is 6. The summed E-state index contributed by atoms with van der Waals surface area (Å²) in [6.07, 6.45) is -4.64. The summed E-state index contributed by atoms with van der Waals surface area (Å²) < 4.78 is 42.4. The number of carbonyl (C=O) groups is 2. The van der Waals surface area contributed by atoms with E-state index in [0.717, 1.165) is 12.1 Å². The number of methoxy groups -OCH3 is 1. The Kier molecular flexibility index (Phi) is 6.85. The van der Waals surface area contributed by atoms with Gasteiger partial charge in [-0.15, -0.1) is 0 Å². The van der Waals surface area contributed by atoms with Crippen LogP contribution in [0.4, 0.5) is 13.2 Å². The van der Waals surface area contributed by atoms with Crippen LogP contribution >= 0.6 is 11.6 Å². The minimum absolute atomic E-state index is 0.0864. The molecule has 0 aromatic heterocycles. The number of hydrogen-bond donors (Lipinski definition) is 1.